The molecule has 0 saturated carbocycles. The molecule has 0 spiro atoms. The normalized spacial score (nSPS) is 15.0. The molecule has 1 aliphatic heterocycles. The van der Waals surface area contributed by atoms with Crippen molar-refractivity contribution >= 4 is 46.3 Å². The molecule has 1 N–H and O–H groups in total. The Kier molecular flexibility index (Phi) is 6.66. The van der Waals surface area contributed by atoms with Gasteiger partial charge in [0.2, 0.25) is 5.91 Å². The van der Waals surface area contributed by atoms with E-state index in [0.717, 1.165) is 18.2 Å². The van der Waals surface area contributed by atoms with Crippen LogP contribution in [0.15, 0.2) is 70.0 Å². The number of nitrogens with one attached hydrogen (secondary N) is 1. The smallest absolute Gasteiger partial charge is 0.416 e. The van der Waals surface area contributed by atoms with Crippen LogP contribution in [0, 0.1) is 10.1 Å². The van der Waals surface area contributed by atoms with Crippen molar-refractivity contribution in [2.75, 3.05) is 11.9 Å². The minimum atomic E-state index is -4.60. The van der Waals surface area contributed by atoms with Crippen LogP contribution in [0.5, 0.6) is 0 Å². The third-order valence-electron chi connectivity index (χ3n) is 4.92. The molecule has 4 rings (SSSR count). The first-order valence-corrected chi connectivity index (χ1v) is 10.9. The zero-order chi connectivity index (χ0) is 26.0. The molecule has 13 heteroatoms. The van der Waals surface area contributed by atoms with Gasteiger partial charge in [-0.3, -0.25) is 29.4 Å². The van der Waals surface area contributed by atoms with E-state index in [1.165, 1.54) is 42.5 Å². The van der Waals surface area contributed by atoms with Crippen LogP contribution < -0.4 is 5.32 Å². The van der Waals surface area contributed by atoms with Crippen LogP contribution in [0.1, 0.15) is 11.3 Å². The average molecular weight is 517 g/mol. The summed E-state index contributed by atoms with van der Waals surface area (Å²) in [5.41, 5.74) is -1.06. The first-order chi connectivity index (χ1) is 17.0. The fourth-order valence-electron chi connectivity index (χ4n) is 3.30. The molecule has 1 aromatic heterocycles. The maximum Gasteiger partial charge on any atom is 0.416 e. The van der Waals surface area contributed by atoms with Crippen LogP contribution >= 0.6 is 11.8 Å². The lowest BCUT2D eigenvalue weighted by molar-refractivity contribution is -0.384. The number of para-hydroxylation sites is 1. The van der Waals surface area contributed by atoms with Crippen LogP contribution in [-0.4, -0.2) is 33.4 Å². The van der Waals surface area contributed by atoms with Gasteiger partial charge in [0.1, 0.15) is 18.1 Å². The second-order valence-electron chi connectivity index (χ2n) is 7.37. The topological polar surface area (TPSA) is 123 Å². The summed E-state index contributed by atoms with van der Waals surface area (Å²) in [6, 6.07) is 12.8. The van der Waals surface area contributed by atoms with Crippen molar-refractivity contribution in [1.29, 1.82) is 0 Å². The monoisotopic (exact) mass is 517 g/mol. The summed E-state index contributed by atoms with van der Waals surface area (Å²) in [7, 11) is 0. The van der Waals surface area contributed by atoms with Crippen molar-refractivity contribution < 1.29 is 36.9 Å². The number of alkyl halides is 3. The number of hydrogen-bond donors (Lipinski definition) is 1. The zero-order valence-electron chi connectivity index (χ0n) is 17.9. The number of benzene rings is 2. The molecule has 0 bridgehead atoms. The van der Waals surface area contributed by atoms with E-state index >= 15 is 0 Å². The number of hydrogen-bond acceptors (Lipinski definition) is 7. The summed E-state index contributed by atoms with van der Waals surface area (Å²) >= 11 is 0.545. The van der Waals surface area contributed by atoms with Gasteiger partial charge in [-0.2, -0.15) is 13.2 Å². The van der Waals surface area contributed by atoms with Gasteiger partial charge in [0.05, 0.1) is 21.0 Å². The third kappa shape index (κ3) is 5.30. The molecule has 3 aromatic rings. The quantitative estimate of drug-likeness (QED) is 0.258. The Bertz CT molecular complexity index is 1420. The van der Waals surface area contributed by atoms with Gasteiger partial charge in [0.15, 0.2) is 0 Å². The number of carbonyl (C=O) groups is 3. The number of amides is 3. The van der Waals surface area contributed by atoms with Crippen LogP contribution in [0.3, 0.4) is 0 Å². The number of anilines is 1. The minimum absolute atomic E-state index is 0.0599. The van der Waals surface area contributed by atoms with E-state index < -0.39 is 40.3 Å². The predicted octanol–water partition coefficient (Wildman–Crippen LogP) is 5.55. The molecule has 0 aliphatic carbocycles. The van der Waals surface area contributed by atoms with Gasteiger partial charge >= 0.3 is 6.18 Å². The lowest BCUT2D eigenvalue weighted by atomic mass is 10.1. The van der Waals surface area contributed by atoms with E-state index in [9.17, 15) is 37.7 Å². The van der Waals surface area contributed by atoms with Crippen molar-refractivity contribution in [2.45, 2.75) is 6.18 Å². The number of nitro groups is 1. The number of nitro benzene ring substituents is 1. The molecular formula is C23H14F3N3O6S. The number of carbonyl (C=O) groups excluding carboxylic acids is 3. The van der Waals surface area contributed by atoms with Gasteiger partial charge in [-0.15, -0.1) is 0 Å². The van der Waals surface area contributed by atoms with Gasteiger partial charge in [-0.1, -0.05) is 18.2 Å². The highest BCUT2D eigenvalue weighted by Crippen LogP contribution is 2.35. The van der Waals surface area contributed by atoms with Crippen molar-refractivity contribution in [3.8, 4) is 11.3 Å². The number of furan rings is 1. The predicted molar refractivity (Wildman–Crippen MR) is 124 cm³/mol. The molecule has 0 atom stereocenters. The average Bonchev–Trinajstić information content (AvgIpc) is 3.39. The lowest BCUT2D eigenvalue weighted by Crippen LogP contribution is -2.36. The Hall–Kier alpha value is -4.39. The number of imide groups is 1. The lowest BCUT2D eigenvalue weighted by Gasteiger charge is -2.13. The van der Waals surface area contributed by atoms with E-state index in [4.69, 9.17) is 4.42 Å². The molecule has 2 aromatic carbocycles. The molecule has 2 heterocycles. The maximum atomic E-state index is 12.9. The number of rotatable bonds is 6. The Morgan fingerprint density at radius 2 is 1.86 bits per heavy atom. The van der Waals surface area contributed by atoms with Crippen LogP contribution in [-0.2, 0) is 15.8 Å². The van der Waals surface area contributed by atoms with Gasteiger partial charge in [0, 0.05) is 17.8 Å². The molecule has 1 aliphatic rings. The Morgan fingerprint density at radius 3 is 2.58 bits per heavy atom. The molecule has 1 fully saturated rings. The van der Waals surface area contributed by atoms with Crippen molar-refractivity contribution in [3.05, 3.63) is 87.0 Å². The minimum Gasteiger partial charge on any atom is -0.456 e. The summed E-state index contributed by atoms with van der Waals surface area (Å²) in [5, 5.41) is 12.7. The highest BCUT2D eigenvalue weighted by Gasteiger charge is 2.37. The summed E-state index contributed by atoms with van der Waals surface area (Å²) in [6.07, 6.45) is -3.34. The number of thioether (sulfide) groups is 1. The SMILES string of the molecule is O=C(CN1C(=O)S/C(=C\c2ccc(-c3ccccc3[N+](=O)[O-])o2)C1=O)Nc1cccc(C(F)(F)F)c1. The Labute approximate surface area is 204 Å². The maximum absolute atomic E-state index is 12.9. The van der Waals surface area contributed by atoms with Crippen LogP contribution in [0.25, 0.3) is 17.4 Å². The van der Waals surface area contributed by atoms with Crippen molar-refractivity contribution in [1.82, 2.24) is 4.90 Å². The second-order valence-corrected chi connectivity index (χ2v) is 8.36. The van der Waals surface area contributed by atoms with Crippen LogP contribution in [0.2, 0.25) is 0 Å². The first kappa shape index (κ1) is 24.7. The molecular weight excluding hydrogens is 503 g/mol. The van der Waals surface area contributed by atoms with E-state index in [2.05, 4.69) is 5.32 Å². The largest absolute Gasteiger partial charge is 0.456 e. The summed E-state index contributed by atoms with van der Waals surface area (Å²) in [5.74, 6) is -1.35. The molecule has 9 nitrogen and oxygen atoms in total. The zero-order valence-corrected chi connectivity index (χ0v) is 18.8. The van der Waals surface area contributed by atoms with Gasteiger partial charge in [0.25, 0.3) is 16.8 Å². The van der Waals surface area contributed by atoms with E-state index in [-0.39, 0.29) is 33.4 Å². The Morgan fingerprint density at radius 1 is 1.11 bits per heavy atom. The number of nitrogens with zero attached hydrogens (tertiary/aromatic N) is 2. The van der Waals surface area contributed by atoms with E-state index in [1.54, 1.807) is 6.07 Å². The highest BCUT2D eigenvalue weighted by atomic mass is 32.2. The molecule has 184 valence electrons. The van der Waals surface area contributed by atoms with E-state index in [1.807, 2.05) is 0 Å². The van der Waals surface area contributed by atoms with Crippen molar-refractivity contribution in [3.63, 3.8) is 0 Å². The van der Waals surface area contributed by atoms with Gasteiger partial charge in [-0.05, 0) is 48.2 Å². The van der Waals surface area contributed by atoms with Gasteiger partial charge < -0.3 is 9.73 Å². The van der Waals surface area contributed by atoms with E-state index in [0.29, 0.717) is 16.7 Å². The highest BCUT2D eigenvalue weighted by molar-refractivity contribution is 8.18. The number of halogens is 3. The molecule has 36 heavy (non-hydrogen) atoms. The summed E-state index contributed by atoms with van der Waals surface area (Å²) in [6.45, 7) is -0.710. The molecule has 3 amide bonds. The molecule has 0 radical (unpaired) electrons. The van der Waals surface area contributed by atoms with Gasteiger partial charge in [-0.25, -0.2) is 0 Å². The first-order valence-electron chi connectivity index (χ1n) is 10.1. The third-order valence-corrected chi connectivity index (χ3v) is 5.82. The summed E-state index contributed by atoms with van der Waals surface area (Å²) in [4.78, 5) is 48.5. The fraction of sp³-hybridized carbons (Fsp3) is 0.0870. The standard InChI is InChI=1S/C23H14F3N3O6S/c24-23(25,26)13-4-3-5-14(10-13)27-20(30)12-28-21(31)19(36-22(28)32)11-15-8-9-18(35-15)16-6-1-2-7-17(16)29(33)34/h1-11H,12H2,(H,27,30)/b19-11-. The van der Waals surface area contributed by atoms with Crippen LogP contribution in [0.4, 0.5) is 29.3 Å². The Balaban J connectivity index is 1.46. The van der Waals surface area contributed by atoms with Crippen molar-refractivity contribution in [2.24, 2.45) is 0 Å². The summed E-state index contributed by atoms with van der Waals surface area (Å²) < 4.78 is 44.2. The second kappa shape index (κ2) is 9.70. The molecule has 0 unspecified atom stereocenters. The fourth-order valence-corrected chi connectivity index (χ4v) is 4.12. The molecule has 1 saturated heterocycles.